The highest BCUT2D eigenvalue weighted by atomic mass is 16.4. The molecule has 0 aromatic rings. The summed E-state index contributed by atoms with van der Waals surface area (Å²) < 4.78 is 0. The van der Waals surface area contributed by atoms with Crippen LogP contribution in [0, 0.1) is 11.8 Å². The van der Waals surface area contributed by atoms with Crippen LogP contribution in [-0.4, -0.2) is 61.2 Å². The molecule has 1 rings (SSSR count). The van der Waals surface area contributed by atoms with Crippen molar-refractivity contribution in [2.75, 3.05) is 40.3 Å². The molecule has 0 radical (unpaired) electrons. The Morgan fingerprint density at radius 1 is 1.60 bits per heavy atom. The van der Waals surface area contributed by atoms with Crippen molar-refractivity contribution >= 4 is 5.97 Å². The predicted octanol–water partition coefficient (Wildman–Crippen LogP) is 0.591. The van der Waals surface area contributed by atoms with Crippen molar-refractivity contribution in [3.05, 3.63) is 0 Å². The van der Waals surface area contributed by atoms with Crippen molar-refractivity contribution in [3.8, 4) is 0 Å². The van der Waals surface area contributed by atoms with E-state index in [4.69, 9.17) is 0 Å². The Morgan fingerprint density at radius 2 is 2.27 bits per heavy atom. The molecule has 88 valence electrons. The molecule has 0 aromatic carbocycles. The fraction of sp³-hybridized carbons (Fsp3) is 0.909. The van der Waals surface area contributed by atoms with Crippen LogP contribution in [0.2, 0.25) is 0 Å². The van der Waals surface area contributed by atoms with Crippen LogP contribution < -0.4 is 0 Å². The lowest BCUT2D eigenvalue weighted by molar-refractivity contribution is -0.144. The van der Waals surface area contributed by atoms with Crippen LogP contribution in [0.15, 0.2) is 0 Å². The fourth-order valence-electron chi connectivity index (χ4n) is 2.30. The molecule has 2 atom stereocenters. The van der Waals surface area contributed by atoms with E-state index in [2.05, 4.69) is 11.8 Å². The van der Waals surface area contributed by atoms with Crippen LogP contribution in [0.25, 0.3) is 0 Å². The van der Waals surface area contributed by atoms with Crippen molar-refractivity contribution in [1.29, 1.82) is 0 Å². The van der Waals surface area contributed by atoms with Crippen molar-refractivity contribution in [2.45, 2.75) is 13.3 Å². The minimum atomic E-state index is -0.647. The molecule has 4 heteroatoms. The number of carboxylic acid groups (broad SMARTS) is 1. The molecule has 4 nitrogen and oxygen atoms in total. The van der Waals surface area contributed by atoms with Gasteiger partial charge in [0.25, 0.3) is 0 Å². The second-order valence-corrected chi connectivity index (χ2v) is 4.65. The van der Waals surface area contributed by atoms with E-state index < -0.39 is 5.97 Å². The smallest absolute Gasteiger partial charge is 0.308 e. The molecule has 1 saturated heterocycles. The maximum Gasteiger partial charge on any atom is 0.308 e. The van der Waals surface area contributed by atoms with Crippen LogP contribution in [0.4, 0.5) is 0 Å². The van der Waals surface area contributed by atoms with Gasteiger partial charge >= 0.3 is 5.97 Å². The van der Waals surface area contributed by atoms with Gasteiger partial charge in [-0.05, 0) is 39.5 Å². The second-order valence-electron chi connectivity index (χ2n) is 4.65. The van der Waals surface area contributed by atoms with Gasteiger partial charge in [0.1, 0.15) is 0 Å². The van der Waals surface area contributed by atoms with Crippen molar-refractivity contribution in [1.82, 2.24) is 9.80 Å². The van der Waals surface area contributed by atoms with Crippen LogP contribution in [0.1, 0.15) is 13.3 Å². The molecule has 15 heavy (non-hydrogen) atoms. The molecule has 1 aliphatic rings. The maximum absolute atomic E-state index is 11.2. The largest absolute Gasteiger partial charge is 0.481 e. The first kappa shape index (κ1) is 12.5. The summed E-state index contributed by atoms with van der Waals surface area (Å²) in [6, 6.07) is 0. The van der Waals surface area contributed by atoms with Gasteiger partial charge in [0.2, 0.25) is 0 Å². The number of carboxylic acids is 1. The summed E-state index contributed by atoms with van der Waals surface area (Å²) in [5, 5.41) is 9.20. The quantitative estimate of drug-likeness (QED) is 0.727. The number of hydrogen-bond acceptors (Lipinski definition) is 3. The molecule has 1 fully saturated rings. The van der Waals surface area contributed by atoms with Gasteiger partial charge < -0.3 is 14.9 Å². The number of carbonyl (C=O) groups is 1. The molecule has 2 unspecified atom stereocenters. The second kappa shape index (κ2) is 5.47. The Labute approximate surface area is 91.9 Å². The zero-order chi connectivity index (χ0) is 11.4. The molecule has 0 aliphatic carbocycles. The molecule has 0 bridgehead atoms. The van der Waals surface area contributed by atoms with Gasteiger partial charge in [-0.2, -0.15) is 0 Å². The number of nitrogens with zero attached hydrogens (tertiary/aromatic N) is 2. The van der Waals surface area contributed by atoms with Gasteiger partial charge in [-0.25, -0.2) is 0 Å². The number of hydrogen-bond donors (Lipinski definition) is 1. The molecule has 0 saturated carbocycles. The molecule has 0 aromatic heterocycles. The first-order chi connectivity index (χ1) is 7.04. The van der Waals surface area contributed by atoms with E-state index in [0.29, 0.717) is 12.5 Å². The van der Waals surface area contributed by atoms with Crippen LogP contribution >= 0.6 is 0 Å². The van der Waals surface area contributed by atoms with Gasteiger partial charge in [0.05, 0.1) is 5.92 Å². The SMILES string of the molecule is CCN1CCC(C(CN(C)C)C(=O)O)C1. The van der Waals surface area contributed by atoms with Crippen LogP contribution in [-0.2, 0) is 4.79 Å². The topological polar surface area (TPSA) is 43.8 Å². The fourth-order valence-corrected chi connectivity index (χ4v) is 2.30. The zero-order valence-corrected chi connectivity index (χ0v) is 9.94. The number of rotatable bonds is 5. The van der Waals surface area contributed by atoms with Crippen molar-refractivity contribution < 1.29 is 9.90 Å². The van der Waals surface area contributed by atoms with E-state index in [-0.39, 0.29) is 5.92 Å². The van der Waals surface area contributed by atoms with Crippen LogP contribution in [0.3, 0.4) is 0 Å². The molecule has 1 N–H and O–H groups in total. The van der Waals surface area contributed by atoms with E-state index in [1.807, 2.05) is 19.0 Å². The Hall–Kier alpha value is -0.610. The van der Waals surface area contributed by atoms with Gasteiger partial charge in [-0.3, -0.25) is 4.79 Å². The van der Waals surface area contributed by atoms with E-state index >= 15 is 0 Å². The molecule has 1 heterocycles. The van der Waals surface area contributed by atoms with E-state index in [1.165, 1.54) is 0 Å². The van der Waals surface area contributed by atoms with E-state index in [9.17, 15) is 9.90 Å². The lowest BCUT2D eigenvalue weighted by Crippen LogP contribution is -2.35. The average Bonchev–Trinajstić information content (AvgIpc) is 2.61. The third kappa shape index (κ3) is 3.47. The molecular weight excluding hydrogens is 192 g/mol. The minimum Gasteiger partial charge on any atom is -0.481 e. The summed E-state index contributed by atoms with van der Waals surface area (Å²) in [6.45, 7) is 5.81. The van der Waals surface area contributed by atoms with E-state index in [1.54, 1.807) is 0 Å². The summed E-state index contributed by atoms with van der Waals surface area (Å²) in [5.74, 6) is -0.534. The Bertz CT molecular complexity index is 219. The molecular formula is C11H22N2O2. The Kier molecular flexibility index (Phi) is 4.54. The molecule has 0 amide bonds. The minimum absolute atomic E-state index is 0.212. The highest BCUT2D eigenvalue weighted by Gasteiger charge is 2.33. The monoisotopic (exact) mass is 214 g/mol. The normalized spacial score (nSPS) is 24.7. The Balaban J connectivity index is 2.53. The van der Waals surface area contributed by atoms with Crippen molar-refractivity contribution in [2.24, 2.45) is 11.8 Å². The number of likely N-dealkylation sites (tertiary alicyclic amines) is 1. The summed E-state index contributed by atoms with van der Waals surface area (Å²) in [7, 11) is 3.87. The molecule has 1 aliphatic heterocycles. The first-order valence-corrected chi connectivity index (χ1v) is 5.64. The van der Waals surface area contributed by atoms with E-state index in [0.717, 1.165) is 26.1 Å². The summed E-state index contributed by atoms with van der Waals surface area (Å²) in [6.07, 6.45) is 1.03. The third-order valence-electron chi connectivity index (χ3n) is 3.20. The van der Waals surface area contributed by atoms with Gasteiger partial charge in [-0.15, -0.1) is 0 Å². The van der Waals surface area contributed by atoms with Crippen molar-refractivity contribution in [3.63, 3.8) is 0 Å². The van der Waals surface area contributed by atoms with Gasteiger partial charge in [0, 0.05) is 13.1 Å². The summed E-state index contributed by atoms with van der Waals surface area (Å²) >= 11 is 0. The van der Waals surface area contributed by atoms with Gasteiger partial charge in [-0.1, -0.05) is 6.92 Å². The Morgan fingerprint density at radius 3 is 2.67 bits per heavy atom. The molecule has 0 spiro atoms. The number of aliphatic carboxylic acids is 1. The van der Waals surface area contributed by atoms with Gasteiger partial charge in [0.15, 0.2) is 0 Å². The highest BCUT2D eigenvalue weighted by molar-refractivity contribution is 5.70. The standard InChI is InChI=1S/C11H22N2O2/c1-4-13-6-5-9(7-13)10(11(14)15)8-12(2)3/h9-10H,4-8H2,1-3H3,(H,14,15). The summed E-state index contributed by atoms with van der Waals surface area (Å²) in [4.78, 5) is 15.5. The average molecular weight is 214 g/mol. The highest BCUT2D eigenvalue weighted by Crippen LogP contribution is 2.24. The lowest BCUT2D eigenvalue weighted by atomic mass is 9.91. The third-order valence-corrected chi connectivity index (χ3v) is 3.20. The lowest BCUT2D eigenvalue weighted by Gasteiger charge is -2.23. The summed E-state index contributed by atoms with van der Waals surface area (Å²) in [5.41, 5.74) is 0. The first-order valence-electron chi connectivity index (χ1n) is 5.64. The predicted molar refractivity (Wildman–Crippen MR) is 59.9 cm³/mol. The zero-order valence-electron chi connectivity index (χ0n) is 9.94. The van der Waals surface area contributed by atoms with Crippen LogP contribution in [0.5, 0.6) is 0 Å². The maximum atomic E-state index is 11.2.